The molecule has 0 atom stereocenters. The van der Waals surface area contributed by atoms with Crippen molar-refractivity contribution in [3.63, 3.8) is 0 Å². The zero-order valence-corrected chi connectivity index (χ0v) is 37.9. The molecule has 1 N–H and O–H groups in total. The van der Waals surface area contributed by atoms with Gasteiger partial charge in [0.05, 0.1) is 11.5 Å². The Labute approximate surface area is 360 Å². The Kier molecular flexibility index (Phi) is 14.2. The van der Waals surface area contributed by atoms with Gasteiger partial charge in [-0.2, -0.15) is 0 Å². The number of amides is 1. The number of aryl methyl sites for hydroxylation is 4. The van der Waals surface area contributed by atoms with E-state index in [2.05, 4.69) is 5.32 Å². The van der Waals surface area contributed by atoms with E-state index in [0.29, 0.717) is 60.3 Å². The first-order valence-electron chi connectivity index (χ1n) is 19.5. The summed E-state index contributed by atoms with van der Waals surface area (Å²) in [4.78, 5) is 55.8. The molecule has 0 heterocycles. The van der Waals surface area contributed by atoms with Crippen LogP contribution in [0.3, 0.4) is 0 Å². The Balaban J connectivity index is 1.14. The molecule has 6 aromatic carbocycles. The molecule has 7 nitrogen and oxygen atoms in total. The maximum atomic E-state index is 14.9. The van der Waals surface area contributed by atoms with Gasteiger partial charge in [0.2, 0.25) is 31.2 Å². The molecule has 0 saturated carbocycles. The van der Waals surface area contributed by atoms with Crippen LogP contribution in [0.25, 0.3) is 0 Å². The van der Waals surface area contributed by atoms with Crippen molar-refractivity contribution in [2.24, 2.45) is 0 Å². The average Bonchev–Trinajstić information content (AvgIpc) is 3.25. The molecule has 0 saturated heterocycles. The lowest BCUT2D eigenvalue weighted by molar-refractivity contribution is -0.116. The van der Waals surface area contributed by atoms with Crippen molar-refractivity contribution < 1.29 is 28.3 Å². The van der Waals surface area contributed by atoms with Gasteiger partial charge in [-0.3, -0.25) is 19.2 Å². The normalized spacial score (nSPS) is 11.6. The number of benzene rings is 6. The van der Waals surface area contributed by atoms with Gasteiger partial charge >= 0.3 is 0 Å². The average molecular weight is 872 g/mol. The predicted molar refractivity (Wildman–Crippen MR) is 252 cm³/mol. The molecule has 11 heteroatoms. The molecule has 0 aromatic heterocycles. The Bertz CT molecular complexity index is 2410. The van der Waals surface area contributed by atoms with Gasteiger partial charge in [0.25, 0.3) is 0 Å². The van der Waals surface area contributed by atoms with Crippen molar-refractivity contribution in [1.29, 1.82) is 0 Å². The van der Waals surface area contributed by atoms with Crippen molar-refractivity contribution in [2.75, 3.05) is 16.8 Å². The summed E-state index contributed by atoms with van der Waals surface area (Å²) in [6, 6.07) is 38.9. The van der Waals surface area contributed by atoms with Gasteiger partial charge in [0.1, 0.15) is 5.78 Å². The first kappa shape index (κ1) is 44.5. The fraction of sp³-hybridized carbons (Fsp3) is 0.184. The van der Waals surface area contributed by atoms with Crippen LogP contribution in [-0.4, -0.2) is 34.2 Å². The van der Waals surface area contributed by atoms with Crippen LogP contribution in [0.1, 0.15) is 59.7 Å². The highest BCUT2D eigenvalue weighted by Gasteiger charge is 2.40. The number of hydrogen-bond donors (Lipinski definition) is 1. The fourth-order valence-electron chi connectivity index (χ4n) is 7.79. The number of anilines is 1. The maximum absolute atomic E-state index is 14.9. The third-order valence-corrected chi connectivity index (χ3v) is 18.6. The third kappa shape index (κ3) is 9.01. The number of carbonyl (C=O) groups is 4. The van der Waals surface area contributed by atoms with Crippen molar-refractivity contribution in [3.8, 4) is 0 Å². The summed E-state index contributed by atoms with van der Waals surface area (Å²) in [7, 11) is -5.04. The molecule has 306 valence electrons. The van der Waals surface area contributed by atoms with E-state index in [4.69, 9.17) is 0 Å². The molecular weight excluding hydrogens is 825 g/mol. The molecular formula is C49H47NO6P2S2. The molecule has 0 bridgehead atoms. The van der Waals surface area contributed by atoms with E-state index < -0.39 is 25.3 Å². The molecule has 0 aliphatic heterocycles. The maximum Gasteiger partial charge on any atom is 0.235 e. The number of ketones is 1. The van der Waals surface area contributed by atoms with Crippen LogP contribution in [0, 0.1) is 41.5 Å². The molecule has 0 radical (unpaired) electrons. The molecule has 0 aliphatic rings. The second-order valence-electron chi connectivity index (χ2n) is 14.8. The summed E-state index contributed by atoms with van der Waals surface area (Å²) in [5.74, 6) is -0.228. The minimum absolute atomic E-state index is 0.0377. The van der Waals surface area contributed by atoms with Crippen LogP contribution >= 0.6 is 35.9 Å². The van der Waals surface area contributed by atoms with Crippen LogP contribution in [-0.2, 0) is 25.1 Å². The molecule has 60 heavy (non-hydrogen) atoms. The van der Waals surface area contributed by atoms with E-state index in [-0.39, 0.29) is 29.6 Å². The van der Waals surface area contributed by atoms with Crippen LogP contribution in [0.4, 0.5) is 5.69 Å². The highest BCUT2D eigenvalue weighted by Crippen LogP contribution is 2.50. The lowest BCUT2D eigenvalue weighted by Crippen LogP contribution is -2.24. The number of hydrogen-bond acceptors (Lipinski definition) is 8. The van der Waals surface area contributed by atoms with Crippen LogP contribution in [0.15, 0.2) is 133 Å². The van der Waals surface area contributed by atoms with Crippen molar-refractivity contribution in [3.05, 3.63) is 184 Å². The quantitative estimate of drug-likeness (QED) is 0.0581. The Morgan fingerprint density at radius 2 is 0.850 bits per heavy atom. The number of rotatable bonds is 16. The molecule has 0 aliphatic carbocycles. The van der Waals surface area contributed by atoms with Crippen molar-refractivity contribution in [2.45, 2.75) is 48.0 Å². The summed E-state index contributed by atoms with van der Waals surface area (Å²) in [6.07, 6.45) is 0.0767. The summed E-state index contributed by atoms with van der Waals surface area (Å²) in [5, 5.41) is 4.76. The van der Waals surface area contributed by atoms with Gasteiger partial charge in [-0.1, -0.05) is 155 Å². The fourth-order valence-corrected chi connectivity index (χ4v) is 14.8. The van der Waals surface area contributed by atoms with Gasteiger partial charge in [0, 0.05) is 44.5 Å². The van der Waals surface area contributed by atoms with E-state index in [1.54, 1.807) is 104 Å². The number of nitrogens with one attached hydrogen (secondary N) is 1. The summed E-state index contributed by atoms with van der Waals surface area (Å²) >= 11 is 0. The van der Waals surface area contributed by atoms with Crippen LogP contribution in [0.2, 0.25) is 0 Å². The molecule has 6 rings (SSSR count). The van der Waals surface area contributed by atoms with E-state index in [0.717, 1.165) is 16.7 Å². The van der Waals surface area contributed by atoms with Gasteiger partial charge in [-0.15, -0.1) is 0 Å². The molecule has 0 unspecified atom stereocenters. The monoisotopic (exact) mass is 871 g/mol. The Morgan fingerprint density at radius 3 is 1.27 bits per heavy atom. The second-order valence-corrected chi connectivity index (χ2v) is 22.6. The van der Waals surface area contributed by atoms with Gasteiger partial charge in [0.15, 0.2) is 0 Å². The Morgan fingerprint density at radius 1 is 0.483 bits per heavy atom. The van der Waals surface area contributed by atoms with E-state index in [1.165, 1.54) is 21.6 Å². The Hall–Kier alpha value is -5.04. The van der Waals surface area contributed by atoms with Crippen molar-refractivity contribution in [1.82, 2.24) is 0 Å². The number of Topliss-reactive ketones (excluding diaryl/α,β-unsaturated/α-hetero) is 1. The minimum Gasteiger partial charge on any atom is -0.325 e. The zero-order chi connectivity index (χ0) is 43.2. The molecule has 6 aromatic rings. The highest BCUT2D eigenvalue weighted by molar-refractivity contribution is 8.77. The van der Waals surface area contributed by atoms with Gasteiger partial charge in [-0.05, 0) is 80.5 Å². The lowest BCUT2D eigenvalue weighted by Gasteiger charge is -2.22. The van der Waals surface area contributed by atoms with Gasteiger partial charge < -0.3 is 14.4 Å². The zero-order valence-electron chi connectivity index (χ0n) is 34.5. The lowest BCUT2D eigenvalue weighted by atomic mass is 9.91. The first-order valence-corrected chi connectivity index (χ1v) is 25.4. The van der Waals surface area contributed by atoms with E-state index in [9.17, 15) is 28.3 Å². The SMILES string of the molecule is Cc1cc(C)c(C(=O)P(=O)(c2ccccc2)c2ccccc2)c(C)c1CC(=O)CSSCC(=O)Nc1c(C)cc(C)c(C(=O)P(=O)(c2ccccc2)c2ccccc2)c1C. The molecule has 0 fully saturated rings. The highest BCUT2D eigenvalue weighted by atomic mass is 33.1. The summed E-state index contributed by atoms with van der Waals surface area (Å²) < 4.78 is 29.9. The summed E-state index contributed by atoms with van der Waals surface area (Å²) in [5.41, 5.74) is 5.12. The van der Waals surface area contributed by atoms with Crippen LogP contribution < -0.4 is 26.5 Å². The van der Waals surface area contributed by atoms with E-state index in [1.807, 2.05) is 71.0 Å². The van der Waals surface area contributed by atoms with Gasteiger partial charge in [-0.25, -0.2) is 0 Å². The predicted octanol–water partition coefficient (Wildman–Crippen LogP) is 9.98. The smallest absolute Gasteiger partial charge is 0.235 e. The largest absolute Gasteiger partial charge is 0.325 e. The first-order chi connectivity index (χ1) is 28.7. The minimum atomic E-state index is -3.79. The molecule has 0 spiro atoms. The van der Waals surface area contributed by atoms with E-state index >= 15 is 0 Å². The standard InChI is InChI=1S/C49H47NO6P2S2/c1-32-27-33(2)45(48(53)57(55,39-19-11-7-12-20-39)40-21-13-8-14-22-40)36(5)43(32)29-38(51)30-59-60-31-44(52)50-47-35(4)28-34(3)46(37(47)6)49(54)58(56,41-23-15-9-16-24-41)42-25-17-10-18-26-42/h7-28H,29-31H2,1-6H3,(H,50,52). The van der Waals surface area contributed by atoms with Crippen molar-refractivity contribution >= 4 is 85.5 Å². The topological polar surface area (TPSA) is 114 Å². The summed E-state index contributed by atoms with van der Waals surface area (Å²) in [6.45, 7) is 11.0. The van der Waals surface area contributed by atoms with Crippen LogP contribution in [0.5, 0.6) is 0 Å². The molecule has 1 amide bonds. The second kappa shape index (κ2) is 19.1. The third-order valence-electron chi connectivity index (χ3n) is 10.7. The number of carbonyl (C=O) groups excluding carboxylic acids is 4.